The molecule has 0 fully saturated rings. The van der Waals surface area contributed by atoms with E-state index in [4.69, 9.17) is 0 Å². The van der Waals surface area contributed by atoms with Gasteiger partial charge in [-0.2, -0.15) is 17.6 Å². The zero-order valence-electron chi connectivity index (χ0n) is 20.2. The van der Waals surface area contributed by atoms with Crippen LogP contribution in [0.2, 0.25) is 0 Å². The molecule has 2 unspecified atom stereocenters. The molecule has 7 heteroatoms. The maximum absolute atomic E-state index is 14.0. The zero-order chi connectivity index (χ0) is 23.6. The van der Waals surface area contributed by atoms with Crippen molar-refractivity contribution in [2.45, 2.75) is 154 Å². The van der Waals surface area contributed by atoms with Crippen molar-refractivity contribution in [3.63, 3.8) is 0 Å². The first kappa shape index (κ1) is 31.0. The van der Waals surface area contributed by atoms with Crippen molar-refractivity contribution >= 4 is 11.8 Å². The second-order valence-electron chi connectivity index (χ2n) is 8.71. The Morgan fingerprint density at radius 2 is 0.839 bits per heavy atom. The van der Waals surface area contributed by atoms with Crippen LogP contribution >= 0.6 is 11.8 Å². The van der Waals surface area contributed by atoms with E-state index < -0.39 is 34.9 Å². The molecular weight excluding hydrogens is 428 g/mol. The molecule has 0 aliphatic carbocycles. The lowest BCUT2D eigenvalue weighted by atomic mass is 10.1. The number of hydrogen-bond acceptors (Lipinski definition) is 3. The van der Waals surface area contributed by atoms with E-state index in [-0.39, 0.29) is 0 Å². The molecule has 0 aromatic carbocycles. The minimum Gasteiger partial charge on any atom is -0.308 e. The van der Waals surface area contributed by atoms with Gasteiger partial charge >= 0.3 is 10.9 Å². The number of alkyl halides is 4. The number of ether oxygens (including phenoxy) is 2. The maximum Gasteiger partial charge on any atom is 0.416 e. The first-order valence-electron chi connectivity index (χ1n) is 12.4. The van der Waals surface area contributed by atoms with Gasteiger partial charge in [-0.15, -0.1) is 0 Å². The van der Waals surface area contributed by atoms with Gasteiger partial charge in [-0.25, -0.2) is 0 Å². The van der Waals surface area contributed by atoms with Crippen LogP contribution in [0.3, 0.4) is 0 Å². The third kappa shape index (κ3) is 20.3. The normalized spacial score (nSPS) is 14.7. The average Bonchev–Trinajstić information content (AvgIpc) is 2.64. The van der Waals surface area contributed by atoms with Crippen LogP contribution in [0.1, 0.15) is 130 Å². The van der Waals surface area contributed by atoms with E-state index in [2.05, 4.69) is 23.3 Å². The summed E-state index contributed by atoms with van der Waals surface area (Å²) in [5.74, 6) is 0. The maximum atomic E-state index is 14.0. The molecule has 31 heavy (non-hydrogen) atoms. The molecule has 0 rings (SSSR count). The van der Waals surface area contributed by atoms with Crippen LogP contribution in [-0.2, 0) is 9.47 Å². The summed E-state index contributed by atoms with van der Waals surface area (Å²) in [7, 11) is 0. The molecule has 0 aromatic heterocycles. The fourth-order valence-electron chi connectivity index (χ4n) is 3.55. The van der Waals surface area contributed by atoms with E-state index in [1.165, 1.54) is 52.4 Å². The summed E-state index contributed by atoms with van der Waals surface area (Å²) in [5, 5.41) is 0. The largest absolute Gasteiger partial charge is 0.416 e. The van der Waals surface area contributed by atoms with E-state index in [0.29, 0.717) is 12.8 Å². The molecule has 188 valence electrons. The fraction of sp³-hybridized carbons (Fsp3) is 1.00. The topological polar surface area (TPSA) is 18.5 Å². The highest BCUT2D eigenvalue weighted by molar-refractivity contribution is 8.01. The van der Waals surface area contributed by atoms with E-state index in [9.17, 15) is 17.6 Å². The van der Waals surface area contributed by atoms with Gasteiger partial charge in [0.05, 0.1) is 24.0 Å². The quantitative estimate of drug-likeness (QED) is 0.0883. The molecule has 2 atom stereocenters. The van der Waals surface area contributed by atoms with E-state index in [1.54, 1.807) is 0 Å². The summed E-state index contributed by atoms with van der Waals surface area (Å²) in [4.78, 5) is 0. The zero-order valence-corrected chi connectivity index (χ0v) is 21.0. The van der Waals surface area contributed by atoms with Crippen molar-refractivity contribution in [3.8, 4) is 0 Å². The van der Waals surface area contributed by atoms with E-state index in [0.717, 1.165) is 51.4 Å². The standard InChI is InChI=1S/C24H46F4O2S/c1-5-7-9-11-13-15-17-19-21(3)29-23(25,26)31-24(27,28)30-22(4)20-18-16-14-12-10-8-6-2/h21-22H,5-20H2,1-4H3. The summed E-state index contributed by atoms with van der Waals surface area (Å²) in [6, 6.07) is 0. The predicted octanol–water partition coefficient (Wildman–Crippen LogP) is 9.91. The summed E-state index contributed by atoms with van der Waals surface area (Å²) < 4.78 is 65.1. The predicted molar refractivity (Wildman–Crippen MR) is 124 cm³/mol. The highest BCUT2D eigenvalue weighted by atomic mass is 32.2. The third-order valence-electron chi connectivity index (χ3n) is 5.34. The van der Waals surface area contributed by atoms with Gasteiger partial charge in [0.15, 0.2) is 0 Å². The molecule has 0 aliphatic rings. The molecule has 0 N–H and O–H groups in total. The highest BCUT2D eigenvalue weighted by Crippen LogP contribution is 2.45. The Hall–Kier alpha value is -0.0100. The average molecular weight is 475 g/mol. The number of hydrogen-bond donors (Lipinski definition) is 0. The van der Waals surface area contributed by atoms with E-state index >= 15 is 0 Å². The highest BCUT2D eigenvalue weighted by Gasteiger charge is 2.48. The van der Waals surface area contributed by atoms with Crippen molar-refractivity contribution in [2.75, 3.05) is 0 Å². The minimum absolute atomic E-state index is 0.436. The first-order valence-corrected chi connectivity index (χ1v) is 13.2. The SMILES string of the molecule is CCCCCCCCCC(C)OC(F)(F)SC(F)(F)OC(C)CCCCCCCCC. The number of halogens is 4. The molecule has 2 nitrogen and oxygen atoms in total. The van der Waals surface area contributed by atoms with Crippen LogP contribution in [-0.4, -0.2) is 23.1 Å². The van der Waals surface area contributed by atoms with Gasteiger partial charge in [-0.1, -0.05) is 104 Å². The molecule has 0 radical (unpaired) electrons. The third-order valence-corrected chi connectivity index (χ3v) is 6.01. The van der Waals surface area contributed by atoms with Gasteiger partial charge in [0, 0.05) is 0 Å². The Morgan fingerprint density at radius 1 is 0.548 bits per heavy atom. The van der Waals surface area contributed by atoms with Gasteiger partial charge in [0.25, 0.3) is 0 Å². The molecular formula is C24H46F4O2S. The van der Waals surface area contributed by atoms with Crippen LogP contribution in [0.15, 0.2) is 0 Å². The van der Waals surface area contributed by atoms with Crippen molar-refractivity contribution in [2.24, 2.45) is 0 Å². The Kier molecular flexibility index (Phi) is 18.4. The van der Waals surface area contributed by atoms with Gasteiger partial charge in [-0.3, -0.25) is 0 Å². The van der Waals surface area contributed by atoms with Crippen LogP contribution in [0.25, 0.3) is 0 Å². The van der Waals surface area contributed by atoms with Crippen LogP contribution in [0, 0.1) is 0 Å². The number of rotatable bonds is 22. The second-order valence-corrected chi connectivity index (χ2v) is 9.86. The summed E-state index contributed by atoms with van der Waals surface area (Å²) in [5.41, 5.74) is -7.97. The lowest BCUT2D eigenvalue weighted by molar-refractivity contribution is -0.218. The molecule has 0 saturated carbocycles. The van der Waals surface area contributed by atoms with Gasteiger partial charge in [0.2, 0.25) is 0 Å². The lowest BCUT2D eigenvalue weighted by Gasteiger charge is -2.26. The van der Waals surface area contributed by atoms with E-state index in [1.807, 2.05) is 0 Å². The lowest BCUT2D eigenvalue weighted by Crippen LogP contribution is -2.32. The molecule has 0 saturated heterocycles. The Balaban J connectivity index is 4.03. The minimum atomic E-state index is -3.98. The van der Waals surface area contributed by atoms with Gasteiger partial charge < -0.3 is 9.47 Å². The second kappa shape index (κ2) is 18.4. The number of thioether (sulfide) groups is 1. The van der Waals surface area contributed by atoms with Crippen molar-refractivity contribution in [1.82, 2.24) is 0 Å². The molecule has 0 amide bonds. The molecule has 0 aromatic rings. The van der Waals surface area contributed by atoms with Crippen molar-refractivity contribution in [1.29, 1.82) is 0 Å². The molecule has 0 spiro atoms. The summed E-state index contributed by atoms with van der Waals surface area (Å²) >= 11 is -0.845. The van der Waals surface area contributed by atoms with Crippen LogP contribution in [0.5, 0.6) is 0 Å². The van der Waals surface area contributed by atoms with Crippen LogP contribution in [0.4, 0.5) is 17.6 Å². The van der Waals surface area contributed by atoms with Crippen molar-refractivity contribution < 1.29 is 27.0 Å². The molecule has 0 aliphatic heterocycles. The molecule has 0 bridgehead atoms. The van der Waals surface area contributed by atoms with Crippen LogP contribution < -0.4 is 0 Å². The van der Waals surface area contributed by atoms with Gasteiger partial charge in [0.1, 0.15) is 0 Å². The Bertz CT molecular complexity index is 375. The summed E-state index contributed by atoms with van der Waals surface area (Å²) in [6.45, 7) is 7.33. The fourth-order valence-corrected chi connectivity index (χ4v) is 4.25. The van der Waals surface area contributed by atoms with Crippen molar-refractivity contribution in [3.05, 3.63) is 0 Å². The molecule has 0 heterocycles. The Labute approximate surface area is 192 Å². The Morgan fingerprint density at radius 3 is 1.16 bits per heavy atom. The smallest absolute Gasteiger partial charge is 0.308 e. The summed E-state index contributed by atoms with van der Waals surface area (Å²) in [6.07, 6.45) is 14.4. The number of unbranched alkanes of at least 4 members (excludes halogenated alkanes) is 12. The first-order chi connectivity index (χ1) is 14.6. The monoisotopic (exact) mass is 474 g/mol. The van der Waals surface area contributed by atoms with Gasteiger partial charge in [-0.05, 0) is 26.7 Å².